The van der Waals surface area contributed by atoms with Crippen molar-refractivity contribution >= 4 is 17.8 Å². The number of hydrogen-bond donors (Lipinski definition) is 1. The number of amides is 4. The van der Waals surface area contributed by atoms with Crippen LogP contribution >= 0.6 is 0 Å². The molecule has 6 heteroatoms. The van der Waals surface area contributed by atoms with E-state index in [-0.39, 0.29) is 30.4 Å². The molecule has 0 unspecified atom stereocenters. The van der Waals surface area contributed by atoms with Crippen molar-refractivity contribution in [1.82, 2.24) is 15.1 Å². The summed E-state index contributed by atoms with van der Waals surface area (Å²) in [7, 11) is 0. The van der Waals surface area contributed by atoms with E-state index in [1.807, 2.05) is 60.7 Å². The number of hydrogen-bond acceptors (Lipinski definition) is 3. The van der Waals surface area contributed by atoms with Gasteiger partial charge in [0.2, 0.25) is 5.91 Å². The molecule has 3 fully saturated rings. The Bertz CT molecular complexity index is 1040. The molecular weight excluding hydrogens is 450 g/mol. The molecule has 190 valence electrons. The van der Waals surface area contributed by atoms with Crippen LogP contribution in [0.5, 0.6) is 0 Å². The lowest BCUT2D eigenvalue weighted by Gasteiger charge is -2.42. The maximum absolute atomic E-state index is 14.0. The van der Waals surface area contributed by atoms with Gasteiger partial charge in [-0.25, -0.2) is 4.79 Å². The Hall–Kier alpha value is -3.15. The Morgan fingerprint density at radius 2 is 1.33 bits per heavy atom. The number of carbonyl (C=O) groups is 3. The van der Waals surface area contributed by atoms with Gasteiger partial charge in [0, 0.05) is 18.5 Å². The van der Waals surface area contributed by atoms with Gasteiger partial charge in [-0.1, -0.05) is 99.2 Å². The predicted octanol–water partition coefficient (Wildman–Crippen LogP) is 5.17. The predicted molar refractivity (Wildman–Crippen MR) is 139 cm³/mol. The number of benzene rings is 2. The zero-order valence-electron chi connectivity index (χ0n) is 21.0. The first-order valence-electron chi connectivity index (χ1n) is 13.6. The summed E-state index contributed by atoms with van der Waals surface area (Å²) in [4.78, 5) is 44.4. The molecule has 2 aromatic rings. The molecule has 0 radical (unpaired) electrons. The summed E-state index contributed by atoms with van der Waals surface area (Å²) < 4.78 is 0. The van der Waals surface area contributed by atoms with Crippen LogP contribution in [-0.2, 0) is 21.5 Å². The van der Waals surface area contributed by atoms with Crippen LogP contribution in [0.3, 0.4) is 0 Å². The highest BCUT2D eigenvalue weighted by atomic mass is 16.2. The molecule has 1 aliphatic heterocycles. The van der Waals surface area contributed by atoms with E-state index in [0.29, 0.717) is 6.42 Å². The minimum absolute atomic E-state index is 0.0825. The Morgan fingerprint density at radius 3 is 1.89 bits per heavy atom. The van der Waals surface area contributed by atoms with Crippen molar-refractivity contribution in [2.24, 2.45) is 0 Å². The Labute approximate surface area is 214 Å². The van der Waals surface area contributed by atoms with Gasteiger partial charge in [0.25, 0.3) is 5.91 Å². The molecule has 2 saturated carbocycles. The smallest absolute Gasteiger partial charge is 0.325 e. The molecule has 0 bridgehead atoms. The van der Waals surface area contributed by atoms with Crippen molar-refractivity contribution in [3.05, 3.63) is 71.8 Å². The van der Waals surface area contributed by atoms with Gasteiger partial charge in [0.05, 0.1) is 0 Å². The first kappa shape index (κ1) is 24.5. The van der Waals surface area contributed by atoms with Crippen LogP contribution in [-0.4, -0.2) is 46.3 Å². The standard InChI is InChI=1S/C30H37N3O3/c34-27(33(25-17-9-3-10-18-25)26-19-11-4-12-20-26)22-32-28(35)30(31-29(32)36,24-15-7-2-8-16-24)21-23-13-5-1-6-14-23/h1-2,5-8,13-16,25-26H,3-4,9-12,17-22H2,(H,31,36)/t30-/m1/s1. The lowest BCUT2D eigenvalue weighted by Crippen LogP contribution is -2.53. The average molecular weight is 488 g/mol. The van der Waals surface area contributed by atoms with Crippen molar-refractivity contribution in [2.45, 2.75) is 88.3 Å². The van der Waals surface area contributed by atoms with E-state index in [4.69, 9.17) is 0 Å². The third-order valence-corrected chi connectivity index (χ3v) is 8.27. The fourth-order valence-corrected chi connectivity index (χ4v) is 6.45. The molecule has 1 heterocycles. The van der Waals surface area contributed by atoms with Crippen LogP contribution in [0.4, 0.5) is 4.79 Å². The summed E-state index contributed by atoms with van der Waals surface area (Å²) >= 11 is 0. The maximum Gasteiger partial charge on any atom is 0.325 e. The van der Waals surface area contributed by atoms with Crippen molar-refractivity contribution in [3.8, 4) is 0 Å². The summed E-state index contributed by atoms with van der Waals surface area (Å²) in [6, 6.07) is 19.1. The van der Waals surface area contributed by atoms with Crippen LogP contribution in [0, 0.1) is 0 Å². The number of nitrogens with one attached hydrogen (secondary N) is 1. The number of nitrogens with zero attached hydrogens (tertiary/aromatic N) is 2. The van der Waals surface area contributed by atoms with Crippen LogP contribution in [0.25, 0.3) is 0 Å². The fourth-order valence-electron chi connectivity index (χ4n) is 6.45. The molecule has 2 aliphatic carbocycles. The van der Waals surface area contributed by atoms with Crippen molar-refractivity contribution < 1.29 is 14.4 Å². The molecule has 1 N–H and O–H groups in total. The normalized spacial score (nSPS) is 23.5. The average Bonchev–Trinajstić information content (AvgIpc) is 3.16. The van der Waals surface area contributed by atoms with Crippen LogP contribution in [0.15, 0.2) is 60.7 Å². The number of urea groups is 1. The van der Waals surface area contributed by atoms with E-state index in [0.717, 1.165) is 67.4 Å². The molecule has 6 nitrogen and oxygen atoms in total. The number of imide groups is 1. The Balaban J connectivity index is 1.42. The van der Waals surface area contributed by atoms with E-state index in [2.05, 4.69) is 10.2 Å². The Morgan fingerprint density at radius 1 is 0.806 bits per heavy atom. The molecule has 3 aliphatic rings. The molecule has 1 saturated heterocycles. The van der Waals surface area contributed by atoms with Crippen molar-refractivity contribution in [2.75, 3.05) is 6.54 Å². The second-order valence-corrected chi connectivity index (χ2v) is 10.6. The summed E-state index contributed by atoms with van der Waals surface area (Å²) in [5.74, 6) is -0.427. The van der Waals surface area contributed by atoms with Gasteiger partial charge < -0.3 is 10.2 Å². The van der Waals surface area contributed by atoms with Crippen molar-refractivity contribution in [3.63, 3.8) is 0 Å². The van der Waals surface area contributed by atoms with E-state index in [9.17, 15) is 14.4 Å². The maximum atomic E-state index is 14.0. The Kier molecular flexibility index (Phi) is 7.40. The molecule has 0 spiro atoms. The number of carbonyl (C=O) groups excluding carboxylic acids is 3. The van der Waals surface area contributed by atoms with Gasteiger partial charge in [-0.2, -0.15) is 0 Å². The molecule has 5 rings (SSSR count). The molecule has 36 heavy (non-hydrogen) atoms. The van der Waals surface area contributed by atoms with Gasteiger partial charge in [-0.05, 0) is 36.8 Å². The van der Waals surface area contributed by atoms with Gasteiger partial charge in [-0.3, -0.25) is 14.5 Å². The molecule has 0 aromatic heterocycles. The summed E-state index contributed by atoms with van der Waals surface area (Å²) in [6.07, 6.45) is 11.4. The van der Waals surface area contributed by atoms with Crippen LogP contribution in [0.2, 0.25) is 0 Å². The fraction of sp³-hybridized carbons (Fsp3) is 0.500. The topological polar surface area (TPSA) is 69.7 Å². The number of rotatable bonds is 7. The van der Waals surface area contributed by atoms with Crippen LogP contribution < -0.4 is 5.32 Å². The monoisotopic (exact) mass is 487 g/mol. The quantitative estimate of drug-likeness (QED) is 0.548. The lowest BCUT2D eigenvalue weighted by molar-refractivity contribution is -0.143. The van der Waals surface area contributed by atoms with Gasteiger partial charge >= 0.3 is 6.03 Å². The highest BCUT2D eigenvalue weighted by Gasteiger charge is 2.53. The van der Waals surface area contributed by atoms with E-state index in [1.165, 1.54) is 12.8 Å². The zero-order valence-corrected chi connectivity index (χ0v) is 21.0. The minimum Gasteiger partial charge on any atom is -0.335 e. The zero-order chi connectivity index (χ0) is 25.0. The van der Waals surface area contributed by atoms with E-state index >= 15 is 0 Å². The highest BCUT2D eigenvalue weighted by molar-refractivity contribution is 6.09. The highest BCUT2D eigenvalue weighted by Crippen LogP contribution is 2.34. The first-order chi connectivity index (χ1) is 17.6. The summed E-state index contributed by atoms with van der Waals surface area (Å²) in [5, 5.41) is 3.00. The second kappa shape index (κ2) is 10.9. The largest absolute Gasteiger partial charge is 0.335 e. The summed E-state index contributed by atoms with van der Waals surface area (Å²) in [5.41, 5.74) is 0.466. The first-order valence-corrected chi connectivity index (χ1v) is 13.6. The lowest BCUT2D eigenvalue weighted by atomic mass is 9.83. The van der Waals surface area contributed by atoms with E-state index in [1.54, 1.807) is 0 Å². The minimum atomic E-state index is -1.22. The summed E-state index contributed by atoms with van der Waals surface area (Å²) in [6.45, 7) is -0.193. The third kappa shape index (κ3) is 4.91. The second-order valence-electron chi connectivity index (χ2n) is 10.6. The van der Waals surface area contributed by atoms with Gasteiger partial charge in [-0.15, -0.1) is 0 Å². The molecule has 1 atom stereocenters. The van der Waals surface area contributed by atoms with Gasteiger partial charge in [0.15, 0.2) is 5.54 Å². The molecule has 2 aromatic carbocycles. The van der Waals surface area contributed by atoms with E-state index < -0.39 is 11.6 Å². The molecular formula is C30H37N3O3. The van der Waals surface area contributed by atoms with Crippen LogP contribution in [0.1, 0.15) is 75.3 Å². The SMILES string of the molecule is O=C1N[C@](Cc2ccccc2)(c2ccccc2)C(=O)N1CC(=O)N(C1CCCCC1)C1CCCCC1. The van der Waals surface area contributed by atoms with Crippen molar-refractivity contribution in [1.29, 1.82) is 0 Å². The van der Waals surface area contributed by atoms with Gasteiger partial charge in [0.1, 0.15) is 6.54 Å². The third-order valence-electron chi connectivity index (χ3n) is 8.27. The molecule has 4 amide bonds.